The van der Waals surface area contributed by atoms with Crippen LogP contribution < -0.4 is 0 Å². The van der Waals surface area contributed by atoms with Crippen LogP contribution in [0.3, 0.4) is 0 Å². The van der Waals surface area contributed by atoms with Gasteiger partial charge >= 0.3 is 17.8 Å². The highest BCUT2D eigenvalue weighted by molar-refractivity contribution is 7.18. The molecule has 4 rings (SSSR count). The van der Waals surface area contributed by atoms with E-state index in [4.69, 9.17) is 4.98 Å². The summed E-state index contributed by atoms with van der Waals surface area (Å²) in [4.78, 5) is 44.3. The monoisotopic (exact) mass is 358 g/mol. The van der Waals surface area contributed by atoms with Crippen LogP contribution >= 0.6 is 11.3 Å². The number of amides is 4. The molecular formula is C17H18N4O3S. The van der Waals surface area contributed by atoms with E-state index < -0.39 is 17.8 Å². The van der Waals surface area contributed by atoms with Crippen molar-refractivity contribution in [3.63, 3.8) is 0 Å². The second-order valence-corrected chi connectivity index (χ2v) is 7.52. The summed E-state index contributed by atoms with van der Waals surface area (Å²) in [5.74, 6) is -1.22. The van der Waals surface area contributed by atoms with E-state index >= 15 is 0 Å². The van der Waals surface area contributed by atoms with E-state index in [2.05, 4.69) is 11.0 Å². The lowest BCUT2D eigenvalue weighted by Gasteiger charge is -2.33. The van der Waals surface area contributed by atoms with E-state index in [9.17, 15) is 14.4 Å². The van der Waals surface area contributed by atoms with Crippen molar-refractivity contribution in [3.8, 4) is 0 Å². The molecule has 2 aromatic rings. The first kappa shape index (κ1) is 16.2. The number of nitrogens with zero attached hydrogens (tertiary/aromatic N) is 4. The van der Waals surface area contributed by atoms with Crippen LogP contribution in [0.1, 0.15) is 23.8 Å². The predicted molar refractivity (Wildman–Crippen MR) is 93.0 cm³/mol. The molecule has 2 saturated heterocycles. The van der Waals surface area contributed by atoms with E-state index in [1.807, 2.05) is 18.2 Å². The third-order valence-electron chi connectivity index (χ3n) is 4.76. The molecule has 0 radical (unpaired) electrons. The average molecular weight is 358 g/mol. The van der Waals surface area contributed by atoms with Gasteiger partial charge in [0, 0.05) is 19.5 Å². The lowest BCUT2D eigenvalue weighted by molar-refractivity contribution is -0.143. The molecule has 0 unspecified atom stereocenters. The van der Waals surface area contributed by atoms with Gasteiger partial charge in [-0.25, -0.2) is 14.7 Å². The molecule has 0 aliphatic carbocycles. The minimum atomic E-state index is -0.760. The SMILES string of the molecule is CN1C(=O)C(=O)N(CN2CCC[C@@H](c3nc4ccccc4s3)C2)C1=O. The largest absolute Gasteiger partial charge is 0.335 e. The van der Waals surface area contributed by atoms with Gasteiger partial charge < -0.3 is 0 Å². The van der Waals surface area contributed by atoms with Crippen molar-refractivity contribution in [2.75, 3.05) is 26.8 Å². The van der Waals surface area contributed by atoms with Gasteiger partial charge in [0.05, 0.1) is 21.9 Å². The van der Waals surface area contributed by atoms with Crippen LogP contribution in [0.15, 0.2) is 24.3 Å². The highest BCUT2D eigenvalue weighted by Crippen LogP contribution is 2.33. The van der Waals surface area contributed by atoms with Crippen molar-refractivity contribution in [3.05, 3.63) is 29.3 Å². The van der Waals surface area contributed by atoms with E-state index in [1.54, 1.807) is 11.3 Å². The number of carbonyl (C=O) groups excluding carboxylic acids is 3. The number of piperidine rings is 1. The third-order valence-corrected chi connectivity index (χ3v) is 5.96. The fourth-order valence-corrected chi connectivity index (χ4v) is 4.48. The summed E-state index contributed by atoms with van der Waals surface area (Å²) in [5.41, 5.74) is 1.01. The zero-order valence-electron chi connectivity index (χ0n) is 13.8. The van der Waals surface area contributed by atoms with Gasteiger partial charge in [-0.3, -0.25) is 19.4 Å². The second kappa shape index (κ2) is 6.20. The smallest absolute Gasteiger partial charge is 0.285 e. The zero-order valence-corrected chi connectivity index (χ0v) is 14.7. The summed E-state index contributed by atoms with van der Waals surface area (Å²) in [7, 11) is 1.34. The third kappa shape index (κ3) is 2.81. The molecule has 0 bridgehead atoms. The summed E-state index contributed by atoms with van der Waals surface area (Å²) in [5, 5.41) is 1.10. The number of carbonyl (C=O) groups is 3. The molecule has 1 aromatic heterocycles. The molecule has 130 valence electrons. The molecule has 0 N–H and O–H groups in total. The number of hydrogen-bond acceptors (Lipinski definition) is 6. The summed E-state index contributed by atoms with van der Waals surface area (Å²) in [6.45, 7) is 1.69. The van der Waals surface area contributed by atoms with Crippen molar-refractivity contribution in [1.82, 2.24) is 19.7 Å². The fraction of sp³-hybridized carbons (Fsp3) is 0.412. The molecule has 2 aliphatic rings. The van der Waals surface area contributed by atoms with Crippen LogP contribution in [0, 0.1) is 0 Å². The topological polar surface area (TPSA) is 73.8 Å². The Morgan fingerprint density at radius 1 is 1.20 bits per heavy atom. The molecule has 25 heavy (non-hydrogen) atoms. The average Bonchev–Trinajstić information content (AvgIpc) is 3.14. The maximum Gasteiger partial charge on any atom is 0.335 e. The Kier molecular flexibility index (Phi) is 4.01. The van der Waals surface area contributed by atoms with Gasteiger partial charge in [-0.2, -0.15) is 0 Å². The molecule has 8 heteroatoms. The number of hydrogen-bond donors (Lipinski definition) is 0. The Labute approximate surface area is 148 Å². The number of thiazole rings is 1. The number of imide groups is 2. The first-order valence-corrected chi connectivity index (χ1v) is 9.07. The molecule has 3 heterocycles. The maximum absolute atomic E-state index is 12.0. The molecular weight excluding hydrogens is 340 g/mol. The molecule has 7 nitrogen and oxygen atoms in total. The van der Waals surface area contributed by atoms with Gasteiger partial charge in [0.2, 0.25) is 0 Å². The van der Waals surface area contributed by atoms with Crippen LogP contribution in [0.2, 0.25) is 0 Å². The minimum absolute atomic E-state index is 0.162. The molecule has 0 saturated carbocycles. The molecule has 1 aromatic carbocycles. The lowest BCUT2D eigenvalue weighted by Crippen LogP contribution is -2.45. The number of rotatable bonds is 3. The zero-order chi connectivity index (χ0) is 17.6. The maximum atomic E-state index is 12.0. The molecule has 0 spiro atoms. The van der Waals surface area contributed by atoms with Crippen LogP contribution in [-0.4, -0.2) is 64.3 Å². The first-order chi connectivity index (χ1) is 12.0. The highest BCUT2D eigenvalue weighted by atomic mass is 32.1. The normalized spacial score (nSPS) is 22.4. The number of benzene rings is 1. The molecule has 4 amide bonds. The van der Waals surface area contributed by atoms with Crippen molar-refractivity contribution in [1.29, 1.82) is 0 Å². The van der Waals surface area contributed by atoms with Gasteiger partial charge in [-0.15, -0.1) is 11.3 Å². The minimum Gasteiger partial charge on any atom is -0.285 e. The Morgan fingerprint density at radius 3 is 2.72 bits per heavy atom. The number of fused-ring (bicyclic) bond motifs is 1. The molecule has 2 fully saturated rings. The van der Waals surface area contributed by atoms with Crippen molar-refractivity contribution in [2.24, 2.45) is 0 Å². The standard InChI is InChI=1S/C17H18N4O3S/c1-19-15(22)16(23)21(17(19)24)10-20-8-4-5-11(9-20)14-18-12-6-2-3-7-13(12)25-14/h2-3,6-7,11H,4-5,8-10H2,1H3/t11-/m1/s1. The molecule has 1 atom stereocenters. The van der Waals surface area contributed by atoms with Gasteiger partial charge in [-0.1, -0.05) is 12.1 Å². The number of urea groups is 1. The van der Waals surface area contributed by atoms with Crippen molar-refractivity contribution >= 4 is 39.4 Å². The summed E-state index contributed by atoms with van der Waals surface area (Å²) in [6, 6.07) is 7.53. The quantitative estimate of drug-likeness (QED) is 0.618. The summed E-state index contributed by atoms with van der Waals surface area (Å²) in [6.07, 6.45) is 2.01. The van der Waals surface area contributed by atoms with Crippen LogP contribution in [0.5, 0.6) is 0 Å². The Morgan fingerprint density at radius 2 is 2.00 bits per heavy atom. The Bertz CT molecular complexity index is 831. The van der Waals surface area contributed by atoms with Gasteiger partial charge in [0.25, 0.3) is 0 Å². The highest BCUT2D eigenvalue weighted by Gasteiger charge is 2.43. The van der Waals surface area contributed by atoms with Crippen LogP contribution in [-0.2, 0) is 9.59 Å². The summed E-state index contributed by atoms with van der Waals surface area (Å²) >= 11 is 1.70. The Balaban J connectivity index is 1.49. The van der Waals surface area contributed by atoms with E-state index in [0.29, 0.717) is 0 Å². The summed E-state index contributed by atoms with van der Waals surface area (Å²) < 4.78 is 1.17. The van der Waals surface area contributed by atoms with Crippen molar-refractivity contribution < 1.29 is 14.4 Å². The van der Waals surface area contributed by atoms with E-state index in [0.717, 1.165) is 46.3 Å². The van der Waals surface area contributed by atoms with Crippen molar-refractivity contribution in [2.45, 2.75) is 18.8 Å². The number of para-hydroxylation sites is 1. The van der Waals surface area contributed by atoms with E-state index in [1.165, 1.54) is 11.7 Å². The van der Waals surface area contributed by atoms with Gasteiger partial charge in [0.15, 0.2) is 0 Å². The number of likely N-dealkylation sites (tertiary alicyclic amines) is 1. The van der Waals surface area contributed by atoms with Gasteiger partial charge in [0.1, 0.15) is 0 Å². The van der Waals surface area contributed by atoms with Gasteiger partial charge in [-0.05, 0) is 31.5 Å². The Hall–Kier alpha value is -2.32. The first-order valence-electron chi connectivity index (χ1n) is 8.26. The van der Waals surface area contributed by atoms with Crippen LogP contribution in [0.25, 0.3) is 10.2 Å². The number of likely N-dealkylation sites (N-methyl/N-ethyl adjacent to an activating group) is 1. The van der Waals surface area contributed by atoms with Crippen LogP contribution in [0.4, 0.5) is 4.79 Å². The predicted octanol–water partition coefficient (Wildman–Crippen LogP) is 1.85. The lowest BCUT2D eigenvalue weighted by atomic mass is 9.99. The number of aromatic nitrogens is 1. The fourth-order valence-electron chi connectivity index (χ4n) is 3.39. The van der Waals surface area contributed by atoms with E-state index in [-0.39, 0.29) is 12.6 Å². The molecule has 2 aliphatic heterocycles. The second-order valence-electron chi connectivity index (χ2n) is 6.46.